The molecule has 0 aromatic heterocycles. The molecule has 0 radical (unpaired) electrons. The number of carbonyl (C=O) groups is 1. The van der Waals surface area contributed by atoms with Gasteiger partial charge >= 0.3 is 0 Å². The van der Waals surface area contributed by atoms with Crippen LogP contribution in [0.25, 0.3) is 0 Å². The summed E-state index contributed by atoms with van der Waals surface area (Å²) in [6.07, 6.45) is 4.61. The third kappa shape index (κ3) is 6.65. The van der Waals surface area contributed by atoms with Crippen molar-refractivity contribution in [1.82, 2.24) is 10.2 Å². The Morgan fingerprint density at radius 2 is 2.04 bits per heavy atom. The first-order valence-corrected chi connectivity index (χ1v) is 9.44. The zero-order chi connectivity index (χ0) is 18.8. The summed E-state index contributed by atoms with van der Waals surface area (Å²) in [5.74, 6) is 0.204. The van der Waals surface area contributed by atoms with Crippen LogP contribution in [-0.4, -0.2) is 55.0 Å². The first kappa shape index (κ1) is 20.2. The van der Waals surface area contributed by atoms with Crippen LogP contribution < -0.4 is 22.5 Å². The van der Waals surface area contributed by atoms with Crippen molar-refractivity contribution in [3.8, 4) is 0 Å². The van der Waals surface area contributed by atoms with Gasteiger partial charge in [0.15, 0.2) is 5.96 Å². The summed E-state index contributed by atoms with van der Waals surface area (Å²) < 4.78 is 0. The topological polar surface area (TPSA) is 123 Å². The summed E-state index contributed by atoms with van der Waals surface area (Å²) in [5, 5.41) is 3.44. The van der Waals surface area contributed by atoms with Crippen molar-refractivity contribution in [3.63, 3.8) is 0 Å². The molecule has 7 heteroatoms. The van der Waals surface area contributed by atoms with Gasteiger partial charge in [-0.2, -0.15) is 0 Å². The summed E-state index contributed by atoms with van der Waals surface area (Å²) in [6, 6.07) is 9.71. The van der Waals surface area contributed by atoms with Crippen LogP contribution in [0.2, 0.25) is 0 Å². The van der Waals surface area contributed by atoms with Gasteiger partial charge < -0.3 is 27.4 Å². The number of aliphatic imine (C=N–C) groups is 1. The number of nitrogens with zero attached hydrogens (tertiary/aromatic N) is 2. The number of likely N-dealkylation sites (tertiary alicyclic amines) is 1. The largest absolute Gasteiger partial charge is 0.370 e. The SMILES string of the molecule is NC(N)=NCCCCNCC1CCCN1C(=O)[C@@H](N)Cc1ccccc1. The minimum absolute atomic E-state index is 0.0610. The summed E-state index contributed by atoms with van der Waals surface area (Å²) in [7, 11) is 0. The van der Waals surface area contributed by atoms with Crippen molar-refractivity contribution in [3.05, 3.63) is 35.9 Å². The Labute approximate surface area is 156 Å². The van der Waals surface area contributed by atoms with E-state index in [-0.39, 0.29) is 17.9 Å². The summed E-state index contributed by atoms with van der Waals surface area (Å²) in [5.41, 5.74) is 17.9. The monoisotopic (exact) mass is 360 g/mol. The average molecular weight is 361 g/mol. The molecule has 1 unspecified atom stereocenters. The molecule has 7 nitrogen and oxygen atoms in total. The highest BCUT2D eigenvalue weighted by Crippen LogP contribution is 2.18. The lowest BCUT2D eigenvalue weighted by atomic mass is 10.1. The average Bonchev–Trinajstić information content (AvgIpc) is 3.09. The Bertz CT molecular complexity index is 573. The van der Waals surface area contributed by atoms with Crippen molar-refractivity contribution < 1.29 is 4.79 Å². The molecule has 2 rings (SSSR count). The maximum atomic E-state index is 12.7. The highest BCUT2D eigenvalue weighted by molar-refractivity contribution is 5.82. The van der Waals surface area contributed by atoms with E-state index in [1.807, 2.05) is 35.2 Å². The fourth-order valence-electron chi connectivity index (χ4n) is 3.35. The Morgan fingerprint density at radius 3 is 2.77 bits per heavy atom. The number of nitrogens with one attached hydrogen (secondary N) is 1. The van der Waals surface area contributed by atoms with Gasteiger partial charge in [-0.3, -0.25) is 9.79 Å². The summed E-state index contributed by atoms with van der Waals surface area (Å²) in [6.45, 7) is 3.17. The predicted molar refractivity (Wildman–Crippen MR) is 106 cm³/mol. The standard InChI is InChI=1S/C19H32N6O/c20-17(13-15-7-2-1-3-8-15)18(26)25-12-6-9-16(25)14-23-10-4-5-11-24-19(21)22/h1-3,7-8,16-17,23H,4-6,9-14,20H2,(H4,21,22,24)/t16?,17-/m0/s1. The molecule has 0 aliphatic carbocycles. The highest BCUT2D eigenvalue weighted by atomic mass is 16.2. The van der Waals surface area contributed by atoms with Gasteiger partial charge in [0.2, 0.25) is 5.91 Å². The van der Waals surface area contributed by atoms with Crippen LogP contribution in [-0.2, 0) is 11.2 Å². The van der Waals surface area contributed by atoms with Crippen LogP contribution in [0.3, 0.4) is 0 Å². The summed E-state index contributed by atoms with van der Waals surface area (Å²) in [4.78, 5) is 18.7. The molecule has 1 saturated heterocycles. The Balaban J connectivity index is 1.71. The van der Waals surface area contributed by atoms with Gasteiger partial charge in [0.1, 0.15) is 0 Å². The first-order chi connectivity index (χ1) is 12.6. The second-order valence-corrected chi connectivity index (χ2v) is 6.84. The van der Waals surface area contributed by atoms with E-state index in [9.17, 15) is 4.79 Å². The molecule has 1 amide bonds. The number of benzene rings is 1. The molecule has 144 valence electrons. The van der Waals surface area contributed by atoms with E-state index in [1.54, 1.807) is 0 Å². The molecular weight excluding hydrogens is 328 g/mol. The number of rotatable bonds is 10. The van der Waals surface area contributed by atoms with Gasteiger partial charge in [-0.1, -0.05) is 30.3 Å². The first-order valence-electron chi connectivity index (χ1n) is 9.44. The molecule has 1 fully saturated rings. The molecule has 1 heterocycles. The van der Waals surface area contributed by atoms with E-state index in [1.165, 1.54) is 0 Å². The maximum Gasteiger partial charge on any atom is 0.240 e. The van der Waals surface area contributed by atoms with Crippen LogP contribution in [0, 0.1) is 0 Å². The third-order valence-corrected chi connectivity index (χ3v) is 4.71. The quantitative estimate of drug-likeness (QED) is 0.269. The highest BCUT2D eigenvalue weighted by Gasteiger charge is 2.31. The molecule has 1 aromatic carbocycles. The van der Waals surface area contributed by atoms with Crippen molar-refractivity contribution in [1.29, 1.82) is 0 Å². The van der Waals surface area contributed by atoms with E-state index < -0.39 is 6.04 Å². The second-order valence-electron chi connectivity index (χ2n) is 6.84. The number of unbranched alkanes of at least 4 members (excludes halogenated alkanes) is 1. The molecule has 1 aromatic rings. The fourth-order valence-corrected chi connectivity index (χ4v) is 3.35. The van der Waals surface area contributed by atoms with Gasteiger partial charge in [0, 0.05) is 25.7 Å². The van der Waals surface area contributed by atoms with Crippen molar-refractivity contribution in [2.24, 2.45) is 22.2 Å². The Hall–Kier alpha value is -2.12. The van der Waals surface area contributed by atoms with Gasteiger partial charge in [-0.15, -0.1) is 0 Å². The maximum absolute atomic E-state index is 12.7. The van der Waals surface area contributed by atoms with Crippen LogP contribution >= 0.6 is 0 Å². The molecule has 26 heavy (non-hydrogen) atoms. The summed E-state index contributed by atoms with van der Waals surface area (Å²) >= 11 is 0. The van der Waals surface area contributed by atoms with Crippen LogP contribution in [0.5, 0.6) is 0 Å². The Morgan fingerprint density at radius 1 is 1.27 bits per heavy atom. The van der Waals surface area contributed by atoms with Crippen molar-refractivity contribution in [2.75, 3.05) is 26.2 Å². The molecular formula is C19H32N6O. The number of carbonyl (C=O) groups excluding carboxylic acids is 1. The molecule has 0 spiro atoms. The molecule has 0 saturated carbocycles. The van der Waals surface area contributed by atoms with E-state index in [4.69, 9.17) is 17.2 Å². The number of hydrogen-bond acceptors (Lipinski definition) is 4. The molecule has 7 N–H and O–H groups in total. The number of guanidine groups is 1. The molecule has 2 atom stereocenters. The molecule has 1 aliphatic rings. The predicted octanol–water partition coefficient (Wildman–Crippen LogP) is 0.191. The van der Waals surface area contributed by atoms with Crippen molar-refractivity contribution >= 4 is 11.9 Å². The second kappa shape index (κ2) is 10.8. The lowest BCUT2D eigenvalue weighted by Crippen LogP contribution is -2.49. The normalized spacial score (nSPS) is 17.9. The zero-order valence-corrected chi connectivity index (χ0v) is 15.4. The minimum atomic E-state index is -0.474. The smallest absolute Gasteiger partial charge is 0.240 e. The number of nitrogens with two attached hydrogens (primary N) is 3. The minimum Gasteiger partial charge on any atom is -0.370 e. The van der Waals surface area contributed by atoms with Gasteiger partial charge in [0.05, 0.1) is 6.04 Å². The number of hydrogen-bond donors (Lipinski definition) is 4. The van der Waals surface area contributed by atoms with Crippen LogP contribution in [0.1, 0.15) is 31.2 Å². The number of amides is 1. The van der Waals surface area contributed by atoms with E-state index in [0.29, 0.717) is 13.0 Å². The fraction of sp³-hybridized carbons (Fsp3) is 0.579. The van der Waals surface area contributed by atoms with Crippen molar-refractivity contribution in [2.45, 2.75) is 44.2 Å². The van der Waals surface area contributed by atoms with E-state index in [0.717, 1.165) is 50.9 Å². The third-order valence-electron chi connectivity index (χ3n) is 4.71. The van der Waals surface area contributed by atoms with Crippen LogP contribution in [0.15, 0.2) is 35.3 Å². The zero-order valence-electron chi connectivity index (χ0n) is 15.4. The molecule has 0 bridgehead atoms. The van der Waals surface area contributed by atoms with Gasteiger partial charge in [-0.25, -0.2) is 0 Å². The lowest BCUT2D eigenvalue weighted by Gasteiger charge is -2.28. The van der Waals surface area contributed by atoms with E-state index in [2.05, 4.69) is 10.3 Å². The van der Waals surface area contributed by atoms with Gasteiger partial charge in [0.25, 0.3) is 0 Å². The lowest BCUT2D eigenvalue weighted by molar-refractivity contribution is -0.133. The Kier molecular flexibility index (Phi) is 8.37. The molecule has 1 aliphatic heterocycles. The van der Waals surface area contributed by atoms with Gasteiger partial charge in [-0.05, 0) is 44.2 Å². The van der Waals surface area contributed by atoms with Crippen LogP contribution in [0.4, 0.5) is 0 Å². The van der Waals surface area contributed by atoms with E-state index >= 15 is 0 Å².